The van der Waals surface area contributed by atoms with Crippen molar-refractivity contribution in [2.75, 3.05) is 11.4 Å². The van der Waals surface area contributed by atoms with E-state index in [1.807, 2.05) is 26.0 Å². The van der Waals surface area contributed by atoms with E-state index in [0.29, 0.717) is 6.04 Å². The standard InChI is InChI=1S/C13H17N5/c1-9-8-10(2)16-13(15-9)18-7-3-4-12(18)11-5-6-14-17-11/h5-6,8,12H,3-4,7H2,1-2H3,(H,14,17). The minimum atomic E-state index is 0.327. The number of nitrogens with zero attached hydrogens (tertiary/aromatic N) is 4. The van der Waals surface area contributed by atoms with Gasteiger partial charge in [-0.3, -0.25) is 5.10 Å². The van der Waals surface area contributed by atoms with Crippen LogP contribution in [-0.4, -0.2) is 26.7 Å². The van der Waals surface area contributed by atoms with Crippen molar-refractivity contribution in [3.8, 4) is 0 Å². The Labute approximate surface area is 106 Å². The van der Waals surface area contributed by atoms with E-state index in [1.54, 1.807) is 6.20 Å². The maximum absolute atomic E-state index is 4.56. The third-order valence-corrected chi connectivity index (χ3v) is 3.36. The zero-order valence-electron chi connectivity index (χ0n) is 10.7. The van der Waals surface area contributed by atoms with Crippen LogP contribution < -0.4 is 4.90 Å². The van der Waals surface area contributed by atoms with Crippen molar-refractivity contribution in [1.82, 2.24) is 20.2 Å². The second-order valence-electron chi connectivity index (χ2n) is 4.81. The van der Waals surface area contributed by atoms with Crippen LogP contribution in [0.15, 0.2) is 18.3 Å². The largest absolute Gasteiger partial charge is 0.332 e. The van der Waals surface area contributed by atoms with E-state index in [2.05, 4.69) is 25.1 Å². The second kappa shape index (κ2) is 4.40. The molecule has 3 heterocycles. The summed E-state index contributed by atoms with van der Waals surface area (Å²) in [6, 6.07) is 4.37. The molecule has 2 aromatic heterocycles. The molecule has 0 aromatic carbocycles. The van der Waals surface area contributed by atoms with Crippen molar-refractivity contribution in [1.29, 1.82) is 0 Å². The highest BCUT2D eigenvalue weighted by Gasteiger charge is 2.29. The van der Waals surface area contributed by atoms with Crippen molar-refractivity contribution in [2.24, 2.45) is 0 Å². The maximum Gasteiger partial charge on any atom is 0.226 e. The molecule has 0 spiro atoms. The number of aryl methyl sites for hydroxylation is 2. The number of aromatic amines is 1. The van der Waals surface area contributed by atoms with Gasteiger partial charge >= 0.3 is 0 Å². The van der Waals surface area contributed by atoms with Crippen LogP contribution in [0.1, 0.15) is 36.0 Å². The zero-order valence-corrected chi connectivity index (χ0v) is 10.7. The Hall–Kier alpha value is -1.91. The van der Waals surface area contributed by atoms with E-state index >= 15 is 0 Å². The molecule has 0 bridgehead atoms. The van der Waals surface area contributed by atoms with E-state index < -0.39 is 0 Å². The summed E-state index contributed by atoms with van der Waals surface area (Å²) in [4.78, 5) is 11.4. The van der Waals surface area contributed by atoms with Crippen LogP contribution in [-0.2, 0) is 0 Å². The molecule has 0 aliphatic carbocycles. The van der Waals surface area contributed by atoms with E-state index in [4.69, 9.17) is 0 Å². The van der Waals surface area contributed by atoms with Gasteiger partial charge in [0.15, 0.2) is 0 Å². The molecule has 5 nitrogen and oxygen atoms in total. The molecule has 1 saturated heterocycles. The molecule has 0 radical (unpaired) electrons. The smallest absolute Gasteiger partial charge is 0.226 e. The van der Waals surface area contributed by atoms with Gasteiger partial charge in [0, 0.05) is 24.1 Å². The molecule has 1 atom stereocenters. The Morgan fingerprint density at radius 3 is 2.72 bits per heavy atom. The first kappa shape index (κ1) is 11.2. The molecule has 1 aliphatic heterocycles. The third kappa shape index (κ3) is 1.96. The number of anilines is 1. The second-order valence-corrected chi connectivity index (χ2v) is 4.81. The van der Waals surface area contributed by atoms with E-state index in [1.165, 1.54) is 6.42 Å². The Bertz CT molecular complexity index is 514. The van der Waals surface area contributed by atoms with Crippen LogP contribution in [0.4, 0.5) is 5.95 Å². The lowest BCUT2D eigenvalue weighted by Crippen LogP contribution is -2.25. The molecule has 1 fully saturated rings. The first-order valence-corrected chi connectivity index (χ1v) is 6.32. The van der Waals surface area contributed by atoms with Gasteiger partial charge in [-0.25, -0.2) is 9.97 Å². The monoisotopic (exact) mass is 243 g/mol. The van der Waals surface area contributed by atoms with Crippen molar-refractivity contribution in [3.63, 3.8) is 0 Å². The highest BCUT2D eigenvalue weighted by atomic mass is 15.3. The van der Waals surface area contributed by atoms with Crippen molar-refractivity contribution in [2.45, 2.75) is 32.7 Å². The Morgan fingerprint density at radius 2 is 2.06 bits per heavy atom. The predicted octanol–water partition coefficient (Wildman–Crippen LogP) is 2.16. The average molecular weight is 243 g/mol. The fourth-order valence-electron chi connectivity index (χ4n) is 2.62. The van der Waals surface area contributed by atoms with Crippen molar-refractivity contribution >= 4 is 5.95 Å². The molecule has 2 aromatic rings. The normalized spacial score (nSPS) is 19.4. The fraction of sp³-hybridized carbons (Fsp3) is 0.462. The molecular formula is C13H17N5. The van der Waals surface area contributed by atoms with Crippen molar-refractivity contribution < 1.29 is 0 Å². The summed E-state index contributed by atoms with van der Waals surface area (Å²) in [5.74, 6) is 0.838. The highest BCUT2D eigenvalue weighted by molar-refractivity contribution is 5.37. The van der Waals surface area contributed by atoms with Crippen LogP contribution in [0.5, 0.6) is 0 Å². The van der Waals surface area contributed by atoms with Gasteiger partial charge in [-0.1, -0.05) is 0 Å². The molecule has 1 N–H and O–H groups in total. The topological polar surface area (TPSA) is 57.7 Å². The molecule has 0 amide bonds. The Kier molecular flexibility index (Phi) is 2.74. The van der Waals surface area contributed by atoms with E-state index in [-0.39, 0.29) is 0 Å². The first-order valence-electron chi connectivity index (χ1n) is 6.32. The van der Waals surface area contributed by atoms with Gasteiger partial charge in [-0.15, -0.1) is 0 Å². The average Bonchev–Trinajstić information content (AvgIpc) is 2.98. The number of hydrogen-bond acceptors (Lipinski definition) is 4. The summed E-state index contributed by atoms with van der Waals surface area (Å²) in [5, 5.41) is 7.10. The van der Waals surface area contributed by atoms with Crippen LogP contribution in [0.2, 0.25) is 0 Å². The molecule has 3 rings (SSSR count). The Balaban J connectivity index is 1.95. The quantitative estimate of drug-likeness (QED) is 0.878. The summed E-state index contributed by atoms with van der Waals surface area (Å²) < 4.78 is 0. The minimum absolute atomic E-state index is 0.327. The van der Waals surface area contributed by atoms with Crippen LogP contribution in [0.3, 0.4) is 0 Å². The molecule has 94 valence electrons. The first-order chi connectivity index (χ1) is 8.74. The van der Waals surface area contributed by atoms with Gasteiger partial charge in [-0.2, -0.15) is 5.10 Å². The summed E-state index contributed by atoms with van der Waals surface area (Å²) in [6.45, 7) is 5.03. The number of nitrogens with one attached hydrogen (secondary N) is 1. The number of hydrogen-bond donors (Lipinski definition) is 1. The van der Waals surface area contributed by atoms with Crippen molar-refractivity contribution in [3.05, 3.63) is 35.4 Å². The fourth-order valence-corrected chi connectivity index (χ4v) is 2.62. The van der Waals surface area contributed by atoms with Gasteiger partial charge in [0.05, 0.1) is 11.7 Å². The number of H-pyrrole nitrogens is 1. The van der Waals surface area contributed by atoms with Gasteiger partial charge in [0.25, 0.3) is 0 Å². The summed E-state index contributed by atoms with van der Waals surface area (Å²) >= 11 is 0. The Morgan fingerprint density at radius 1 is 1.28 bits per heavy atom. The highest BCUT2D eigenvalue weighted by Crippen LogP contribution is 2.33. The summed E-state index contributed by atoms with van der Waals surface area (Å²) in [5.41, 5.74) is 3.19. The van der Waals surface area contributed by atoms with Gasteiger partial charge in [0.2, 0.25) is 5.95 Å². The SMILES string of the molecule is Cc1cc(C)nc(N2CCCC2c2ccn[nH]2)n1. The van der Waals surface area contributed by atoms with Crippen LogP contribution in [0, 0.1) is 13.8 Å². The minimum Gasteiger partial charge on any atom is -0.332 e. The number of rotatable bonds is 2. The zero-order chi connectivity index (χ0) is 12.5. The van der Waals surface area contributed by atoms with Crippen LogP contribution in [0.25, 0.3) is 0 Å². The molecule has 5 heteroatoms. The molecule has 1 unspecified atom stereocenters. The van der Waals surface area contributed by atoms with Gasteiger partial charge in [-0.05, 0) is 38.8 Å². The van der Waals surface area contributed by atoms with E-state index in [9.17, 15) is 0 Å². The van der Waals surface area contributed by atoms with E-state index in [0.717, 1.165) is 36.0 Å². The summed E-state index contributed by atoms with van der Waals surface area (Å²) in [6.07, 6.45) is 4.09. The molecule has 18 heavy (non-hydrogen) atoms. The van der Waals surface area contributed by atoms with Crippen LogP contribution >= 0.6 is 0 Å². The lowest BCUT2D eigenvalue weighted by atomic mass is 10.1. The number of aromatic nitrogens is 4. The lowest BCUT2D eigenvalue weighted by Gasteiger charge is -2.24. The third-order valence-electron chi connectivity index (χ3n) is 3.36. The predicted molar refractivity (Wildman–Crippen MR) is 69.4 cm³/mol. The van der Waals surface area contributed by atoms with Gasteiger partial charge < -0.3 is 4.90 Å². The van der Waals surface area contributed by atoms with Gasteiger partial charge in [0.1, 0.15) is 0 Å². The summed E-state index contributed by atoms with van der Waals surface area (Å²) in [7, 11) is 0. The molecular weight excluding hydrogens is 226 g/mol. The molecule has 1 aliphatic rings. The lowest BCUT2D eigenvalue weighted by molar-refractivity contribution is 0.673. The maximum atomic E-state index is 4.56. The molecule has 0 saturated carbocycles.